The Morgan fingerprint density at radius 1 is 1.19 bits per heavy atom. The van der Waals surface area contributed by atoms with E-state index in [4.69, 9.17) is 16.3 Å². The normalized spacial score (nSPS) is 12.3. The first-order valence-corrected chi connectivity index (χ1v) is 9.53. The van der Waals surface area contributed by atoms with Gasteiger partial charge in [0.25, 0.3) is 0 Å². The smallest absolute Gasteiger partial charge is 0.220 e. The number of nitrogens with one attached hydrogen (secondary N) is 1. The Hall–Kier alpha value is -2.30. The number of para-hydroxylation sites is 1. The second kappa shape index (κ2) is 9.07. The van der Waals surface area contributed by atoms with E-state index in [1.807, 2.05) is 43.4 Å². The fourth-order valence-electron chi connectivity index (χ4n) is 3.46. The van der Waals surface area contributed by atoms with Crippen molar-refractivity contribution in [3.63, 3.8) is 0 Å². The van der Waals surface area contributed by atoms with Crippen molar-refractivity contribution in [2.75, 3.05) is 20.3 Å². The number of aryl methyl sites for hydroxylation is 1. The molecule has 0 aliphatic heterocycles. The van der Waals surface area contributed by atoms with Crippen molar-refractivity contribution in [1.29, 1.82) is 0 Å². The minimum Gasteiger partial charge on any atom is -0.385 e. The van der Waals surface area contributed by atoms with Crippen LogP contribution in [0.4, 0.5) is 0 Å². The molecule has 1 aromatic heterocycles. The molecule has 5 heteroatoms. The van der Waals surface area contributed by atoms with Crippen molar-refractivity contribution in [2.45, 2.75) is 18.8 Å². The number of amides is 1. The minimum absolute atomic E-state index is 0.0317. The summed E-state index contributed by atoms with van der Waals surface area (Å²) in [6.45, 7) is 1.26. The largest absolute Gasteiger partial charge is 0.385 e. The molecule has 2 aromatic carbocycles. The van der Waals surface area contributed by atoms with E-state index in [9.17, 15) is 4.79 Å². The van der Waals surface area contributed by atoms with Gasteiger partial charge in [0, 0.05) is 61.8 Å². The van der Waals surface area contributed by atoms with Gasteiger partial charge in [0.15, 0.2) is 0 Å². The quantitative estimate of drug-likeness (QED) is 0.581. The van der Waals surface area contributed by atoms with Crippen LogP contribution in [0.25, 0.3) is 10.9 Å². The number of rotatable bonds is 8. The molecule has 1 unspecified atom stereocenters. The summed E-state index contributed by atoms with van der Waals surface area (Å²) in [5.74, 6) is 0.00905. The van der Waals surface area contributed by atoms with Gasteiger partial charge in [-0.2, -0.15) is 0 Å². The molecular weight excluding hydrogens is 360 g/mol. The topological polar surface area (TPSA) is 43.3 Å². The van der Waals surface area contributed by atoms with E-state index in [0.717, 1.165) is 23.1 Å². The molecule has 1 N–H and O–H groups in total. The second-order valence-corrected chi connectivity index (χ2v) is 7.15. The number of nitrogens with zero attached hydrogens (tertiary/aromatic N) is 1. The first-order valence-electron chi connectivity index (χ1n) is 9.15. The maximum absolute atomic E-state index is 12.6. The summed E-state index contributed by atoms with van der Waals surface area (Å²) in [5, 5.41) is 4.87. The van der Waals surface area contributed by atoms with Crippen LogP contribution in [-0.4, -0.2) is 30.7 Å². The van der Waals surface area contributed by atoms with E-state index in [1.54, 1.807) is 7.11 Å². The fraction of sp³-hybridized carbons (Fsp3) is 0.318. The molecule has 0 bridgehead atoms. The number of methoxy groups -OCH3 is 1. The number of ether oxygens (including phenoxy) is 1. The molecular formula is C22H25ClN2O2. The van der Waals surface area contributed by atoms with E-state index >= 15 is 0 Å². The minimum atomic E-state index is -0.0317. The lowest BCUT2D eigenvalue weighted by atomic mass is 9.88. The molecule has 27 heavy (non-hydrogen) atoms. The Kier molecular flexibility index (Phi) is 6.54. The number of hydrogen-bond acceptors (Lipinski definition) is 2. The summed E-state index contributed by atoms with van der Waals surface area (Å²) in [6.07, 6.45) is 3.33. The lowest BCUT2D eigenvalue weighted by Gasteiger charge is -2.17. The molecule has 142 valence electrons. The number of carbonyl (C=O) groups is 1. The standard InChI is InChI=1S/C22H25ClN2O2/c1-25-15-20(18-6-3-4-7-21(18)25)19(16-8-10-17(23)11-9-16)14-22(26)24-12-5-13-27-2/h3-4,6-11,15,19H,5,12-14H2,1-2H3,(H,24,26). The van der Waals surface area contributed by atoms with Crippen LogP contribution in [0.1, 0.15) is 29.9 Å². The third-order valence-corrected chi connectivity index (χ3v) is 5.06. The summed E-state index contributed by atoms with van der Waals surface area (Å²) >= 11 is 6.07. The molecule has 3 aromatic rings. The Balaban J connectivity index is 1.90. The number of hydrogen-bond donors (Lipinski definition) is 1. The highest BCUT2D eigenvalue weighted by atomic mass is 35.5. The molecule has 1 atom stereocenters. The Bertz CT molecular complexity index is 902. The van der Waals surface area contributed by atoms with Gasteiger partial charge in [0.1, 0.15) is 0 Å². The van der Waals surface area contributed by atoms with Crippen LogP contribution in [0.3, 0.4) is 0 Å². The molecule has 0 spiro atoms. The number of benzene rings is 2. The molecule has 1 amide bonds. The van der Waals surface area contributed by atoms with Crippen LogP contribution in [0.2, 0.25) is 5.02 Å². The highest BCUT2D eigenvalue weighted by molar-refractivity contribution is 6.30. The van der Waals surface area contributed by atoms with Gasteiger partial charge in [-0.3, -0.25) is 4.79 Å². The van der Waals surface area contributed by atoms with E-state index in [-0.39, 0.29) is 11.8 Å². The maximum Gasteiger partial charge on any atom is 0.220 e. The molecule has 0 aliphatic carbocycles. The predicted octanol–water partition coefficient (Wildman–Crippen LogP) is 4.51. The van der Waals surface area contributed by atoms with Crippen LogP contribution >= 0.6 is 11.6 Å². The van der Waals surface area contributed by atoms with Gasteiger partial charge < -0.3 is 14.6 Å². The summed E-state index contributed by atoms with van der Waals surface area (Å²) in [7, 11) is 3.70. The zero-order chi connectivity index (χ0) is 19.2. The van der Waals surface area contributed by atoms with E-state index in [0.29, 0.717) is 24.6 Å². The predicted molar refractivity (Wildman–Crippen MR) is 110 cm³/mol. The highest BCUT2D eigenvalue weighted by Crippen LogP contribution is 2.34. The van der Waals surface area contributed by atoms with Crippen LogP contribution in [0.15, 0.2) is 54.7 Å². The first-order chi connectivity index (χ1) is 13.1. The molecule has 0 fully saturated rings. The number of carbonyl (C=O) groups excluding carboxylic acids is 1. The summed E-state index contributed by atoms with van der Waals surface area (Å²) in [4.78, 5) is 12.6. The zero-order valence-electron chi connectivity index (χ0n) is 15.7. The third kappa shape index (κ3) is 4.71. The van der Waals surface area contributed by atoms with E-state index in [1.165, 1.54) is 5.39 Å². The van der Waals surface area contributed by atoms with Gasteiger partial charge in [0.05, 0.1) is 0 Å². The third-order valence-electron chi connectivity index (χ3n) is 4.81. The van der Waals surface area contributed by atoms with Gasteiger partial charge in [0.2, 0.25) is 5.91 Å². The average molecular weight is 385 g/mol. The van der Waals surface area contributed by atoms with Crippen molar-refractivity contribution in [1.82, 2.24) is 9.88 Å². The first kappa shape index (κ1) is 19.5. The van der Waals surface area contributed by atoms with Crippen LogP contribution < -0.4 is 5.32 Å². The van der Waals surface area contributed by atoms with Crippen molar-refractivity contribution in [3.8, 4) is 0 Å². The van der Waals surface area contributed by atoms with Crippen LogP contribution in [0, 0.1) is 0 Å². The highest BCUT2D eigenvalue weighted by Gasteiger charge is 2.22. The molecule has 0 radical (unpaired) electrons. The molecule has 1 heterocycles. The van der Waals surface area contributed by atoms with Crippen molar-refractivity contribution in [2.24, 2.45) is 7.05 Å². The van der Waals surface area contributed by atoms with Gasteiger partial charge in [-0.1, -0.05) is 41.9 Å². The summed E-state index contributed by atoms with van der Waals surface area (Å²) < 4.78 is 7.15. The Labute approximate surface area is 165 Å². The zero-order valence-corrected chi connectivity index (χ0v) is 16.5. The molecule has 0 saturated carbocycles. The number of aromatic nitrogens is 1. The molecule has 0 saturated heterocycles. The SMILES string of the molecule is COCCCNC(=O)CC(c1ccc(Cl)cc1)c1cn(C)c2ccccc12. The van der Waals surface area contributed by atoms with Gasteiger partial charge in [-0.15, -0.1) is 0 Å². The lowest BCUT2D eigenvalue weighted by molar-refractivity contribution is -0.121. The lowest BCUT2D eigenvalue weighted by Crippen LogP contribution is -2.27. The second-order valence-electron chi connectivity index (χ2n) is 6.72. The van der Waals surface area contributed by atoms with Crippen LogP contribution in [-0.2, 0) is 16.6 Å². The monoisotopic (exact) mass is 384 g/mol. The molecule has 0 aliphatic rings. The maximum atomic E-state index is 12.6. The molecule has 3 rings (SSSR count). The fourth-order valence-corrected chi connectivity index (χ4v) is 3.58. The Morgan fingerprint density at radius 3 is 2.67 bits per heavy atom. The van der Waals surface area contributed by atoms with Gasteiger partial charge >= 0.3 is 0 Å². The summed E-state index contributed by atoms with van der Waals surface area (Å²) in [6, 6.07) is 16.1. The molecule has 4 nitrogen and oxygen atoms in total. The van der Waals surface area contributed by atoms with Gasteiger partial charge in [-0.25, -0.2) is 0 Å². The van der Waals surface area contributed by atoms with Gasteiger partial charge in [-0.05, 0) is 35.7 Å². The van der Waals surface area contributed by atoms with Crippen molar-refractivity contribution < 1.29 is 9.53 Å². The number of halogens is 1. The van der Waals surface area contributed by atoms with E-state index < -0.39 is 0 Å². The average Bonchev–Trinajstić information content (AvgIpc) is 3.01. The van der Waals surface area contributed by atoms with Crippen molar-refractivity contribution in [3.05, 3.63) is 70.9 Å². The van der Waals surface area contributed by atoms with E-state index in [2.05, 4.69) is 28.2 Å². The van der Waals surface area contributed by atoms with Crippen molar-refractivity contribution >= 4 is 28.4 Å². The number of fused-ring (bicyclic) bond motifs is 1. The van der Waals surface area contributed by atoms with Crippen LogP contribution in [0.5, 0.6) is 0 Å². The Morgan fingerprint density at radius 2 is 1.93 bits per heavy atom. The summed E-state index contributed by atoms with van der Waals surface area (Å²) in [5.41, 5.74) is 3.40.